The second-order valence-electron chi connectivity index (χ2n) is 23.4. The second-order valence-corrected chi connectivity index (χ2v) is 23.4. The fourth-order valence-electron chi connectivity index (χ4n) is 9.23. The Morgan fingerprint density at radius 1 is 0.545 bits per heavy atom. The van der Waals surface area contributed by atoms with Crippen molar-refractivity contribution in [1.82, 2.24) is 79.3 Å². The van der Waals surface area contributed by atoms with Gasteiger partial charge in [0.05, 0.1) is 63.3 Å². The van der Waals surface area contributed by atoms with Crippen molar-refractivity contribution >= 4 is 94.9 Å². The first kappa shape index (κ1) is 85.2. The number of nitrogens with two attached hydrogens (primary N) is 2. The zero-order valence-electron chi connectivity index (χ0n) is 55.3. The van der Waals surface area contributed by atoms with E-state index in [-0.39, 0.29) is 51.5 Å². The van der Waals surface area contributed by atoms with Gasteiger partial charge in [0.15, 0.2) is 5.78 Å². The first-order chi connectivity index (χ1) is 46.7. The van der Waals surface area contributed by atoms with Crippen LogP contribution in [0.3, 0.4) is 0 Å². The van der Waals surface area contributed by atoms with Crippen LogP contribution in [0, 0.1) is 5.92 Å². The Bertz CT molecular complexity index is 3050. The Morgan fingerprint density at radius 2 is 1.04 bits per heavy atom. The molecule has 99 heavy (non-hydrogen) atoms. The van der Waals surface area contributed by atoms with E-state index in [0.29, 0.717) is 24.0 Å². The molecule has 24 N–H and O–H groups in total. The number of amides is 12. The lowest BCUT2D eigenvalue weighted by molar-refractivity contribution is -0.142. The molecule has 0 saturated carbocycles. The Kier molecular flexibility index (Phi) is 38.5. The number of nitrogens with zero attached hydrogens (tertiary/aromatic N) is 1. The van der Waals surface area contributed by atoms with Gasteiger partial charge in [-0.1, -0.05) is 44.2 Å². The summed E-state index contributed by atoms with van der Waals surface area (Å²) >= 11 is 0. The number of imidazole rings is 1. The standard InChI is InChI=1S/C60H93N17O22/c1-30(2)19-40(54(93)73-43(27-79)57(96)69-38(13-9-10-18-61)53(92)68-37(31(3)81)14-16-45(62)84)70-55(94)42(22-49(89)90)71-58(97)44(28-80)74-60(99)51(33(5)83)76-56(95)41(20-34-11-7-6-8-12-34)72-59(98)50(32(4)82)75-46(85)24-64-52(91)39(15-17-48(87)88)67-47(86)25-66-77-36(26-78)21-35-23-63-29-65-35/h6-8,11-12,23,26,29-30,32-33,36-44,50-51,66,77,79-80,82-83H,9-10,13-22,24-25,27-28,61H2,1-5H3,(H2,62,84)(H,63,65)(H,64,91)(H,67,86)(H,68,92)(H,69,96)(H,70,94)(H,71,97)(H,72,98)(H,73,93)(H,74,99)(H,75,85)(H,76,95)(H,87,88)(H,89,90)/t32-,33-,36+,37+,38+,39+,40+,41+,42+,43+,44+,50+,51+/m1/s1. The number of H-pyrrole nitrogens is 1. The molecule has 2 rings (SSSR count). The zero-order valence-corrected chi connectivity index (χ0v) is 55.3. The van der Waals surface area contributed by atoms with Crippen molar-refractivity contribution in [2.45, 2.75) is 184 Å². The van der Waals surface area contributed by atoms with Crippen LogP contribution in [-0.4, -0.2) is 247 Å². The van der Waals surface area contributed by atoms with Crippen molar-refractivity contribution in [2.24, 2.45) is 17.4 Å². The third kappa shape index (κ3) is 32.8. The van der Waals surface area contributed by atoms with Crippen molar-refractivity contribution in [1.29, 1.82) is 0 Å². The average Bonchev–Trinajstić information content (AvgIpc) is 1.16. The summed E-state index contributed by atoms with van der Waals surface area (Å²) in [6.45, 7) is 2.90. The quantitative estimate of drug-likeness (QED) is 0.0166. The zero-order chi connectivity index (χ0) is 74.5. The first-order valence-corrected chi connectivity index (χ1v) is 31.5. The molecule has 12 amide bonds. The van der Waals surface area contributed by atoms with Crippen LogP contribution in [0.25, 0.3) is 0 Å². The van der Waals surface area contributed by atoms with Gasteiger partial charge in [0.1, 0.15) is 60.7 Å². The number of hydrazine groups is 1. The smallest absolute Gasteiger partial charge is 0.305 e. The number of aliphatic hydroxyl groups is 4. The van der Waals surface area contributed by atoms with Crippen molar-refractivity contribution in [3.05, 3.63) is 54.1 Å². The number of benzene rings is 1. The fourth-order valence-corrected chi connectivity index (χ4v) is 9.23. The number of aromatic amines is 1. The first-order valence-electron chi connectivity index (χ1n) is 31.5. The van der Waals surface area contributed by atoms with Crippen LogP contribution >= 0.6 is 0 Å². The summed E-state index contributed by atoms with van der Waals surface area (Å²) in [4.78, 5) is 215. The molecule has 0 bridgehead atoms. The highest BCUT2D eigenvalue weighted by molar-refractivity contribution is 6.00. The van der Waals surface area contributed by atoms with Crippen molar-refractivity contribution in [3.8, 4) is 0 Å². The number of carboxylic acid groups (broad SMARTS) is 2. The summed E-state index contributed by atoms with van der Waals surface area (Å²) in [5.41, 5.74) is 16.9. The molecular weight excluding hydrogens is 1310 g/mol. The normalized spacial score (nSPS) is 15.0. The predicted molar refractivity (Wildman–Crippen MR) is 344 cm³/mol. The number of carbonyl (C=O) groups is 16. The number of aliphatic hydroxyl groups excluding tert-OH is 4. The number of ketones is 1. The number of carboxylic acids is 2. The maximum absolute atomic E-state index is 14.2. The fraction of sp³-hybridized carbons (Fsp3) is 0.583. The molecule has 0 fully saturated rings. The van der Waals surface area contributed by atoms with Crippen LogP contribution in [0.4, 0.5) is 0 Å². The summed E-state index contributed by atoms with van der Waals surface area (Å²) < 4.78 is 0. The number of hydrogen-bond acceptors (Lipinski definition) is 24. The molecule has 1 aromatic carbocycles. The number of aromatic nitrogens is 2. The highest BCUT2D eigenvalue weighted by atomic mass is 16.4. The maximum Gasteiger partial charge on any atom is 0.305 e. The minimum absolute atomic E-state index is 0.0370. The van der Waals surface area contributed by atoms with Gasteiger partial charge in [0.2, 0.25) is 70.9 Å². The number of unbranched alkanes of at least 4 members (excludes halogenated alkanes) is 1. The van der Waals surface area contributed by atoms with E-state index in [1.807, 2.05) is 0 Å². The van der Waals surface area contributed by atoms with Gasteiger partial charge in [-0.3, -0.25) is 71.9 Å². The van der Waals surface area contributed by atoms with Gasteiger partial charge in [-0.05, 0) is 77.3 Å². The minimum atomic E-state index is -2.08. The molecule has 39 heteroatoms. The number of carbonyl (C=O) groups excluding carboxylic acids is 14. The number of aldehydes is 1. The largest absolute Gasteiger partial charge is 0.481 e. The van der Waals surface area contributed by atoms with Crippen LogP contribution in [0.1, 0.15) is 104 Å². The molecule has 550 valence electrons. The second kappa shape index (κ2) is 44.8. The molecule has 39 nitrogen and oxygen atoms in total. The Labute approximate surface area is 568 Å². The molecule has 2 aromatic rings. The van der Waals surface area contributed by atoms with Gasteiger partial charge in [0, 0.05) is 37.6 Å². The maximum atomic E-state index is 14.2. The van der Waals surface area contributed by atoms with E-state index in [0.717, 1.165) is 20.8 Å². The van der Waals surface area contributed by atoms with Gasteiger partial charge >= 0.3 is 11.9 Å². The van der Waals surface area contributed by atoms with E-state index in [1.54, 1.807) is 32.0 Å². The lowest BCUT2D eigenvalue weighted by Gasteiger charge is -2.28. The lowest BCUT2D eigenvalue weighted by Crippen LogP contribution is -2.63. The third-order valence-corrected chi connectivity index (χ3v) is 14.5. The van der Waals surface area contributed by atoms with Gasteiger partial charge in [-0.2, -0.15) is 0 Å². The topological polar surface area (TPSA) is 632 Å². The third-order valence-electron chi connectivity index (χ3n) is 14.5. The molecule has 1 aromatic heterocycles. The van der Waals surface area contributed by atoms with Crippen molar-refractivity contribution in [2.75, 3.05) is 32.8 Å². The molecule has 0 spiro atoms. The Morgan fingerprint density at radius 3 is 1.57 bits per heavy atom. The molecule has 0 radical (unpaired) electrons. The van der Waals surface area contributed by atoms with Gasteiger partial charge in [-0.15, -0.1) is 0 Å². The number of Topliss-reactive ketones (excluding diaryl/α,β-unsaturated/α-hetero) is 1. The van der Waals surface area contributed by atoms with Gasteiger partial charge in [-0.25, -0.2) is 15.8 Å². The highest BCUT2D eigenvalue weighted by Gasteiger charge is 2.38. The van der Waals surface area contributed by atoms with Crippen molar-refractivity contribution in [3.63, 3.8) is 0 Å². The van der Waals surface area contributed by atoms with E-state index < -0.39 is 219 Å². The monoisotopic (exact) mass is 1400 g/mol. The Hall–Kier alpha value is -9.93. The molecule has 1 heterocycles. The van der Waals surface area contributed by atoms with Crippen LogP contribution < -0.4 is 80.8 Å². The number of hydrogen-bond donors (Lipinski definition) is 22. The van der Waals surface area contributed by atoms with E-state index in [4.69, 9.17) is 11.5 Å². The molecule has 0 aliphatic rings. The van der Waals surface area contributed by atoms with Crippen LogP contribution in [-0.2, 0) is 89.6 Å². The predicted octanol–water partition coefficient (Wildman–Crippen LogP) is -9.06. The van der Waals surface area contributed by atoms with E-state index in [9.17, 15) is 107 Å². The van der Waals surface area contributed by atoms with E-state index >= 15 is 0 Å². The van der Waals surface area contributed by atoms with Crippen LogP contribution in [0.2, 0.25) is 0 Å². The van der Waals surface area contributed by atoms with E-state index in [1.165, 1.54) is 24.7 Å². The van der Waals surface area contributed by atoms with E-state index in [2.05, 4.69) is 79.3 Å². The minimum Gasteiger partial charge on any atom is -0.481 e. The van der Waals surface area contributed by atoms with Gasteiger partial charge in [0.25, 0.3) is 0 Å². The SMILES string of the molecule is CC(=O)[C@H](CCC(N)=O)NC(=O)[C@H](CCCCN)NC(=O)[C@H](CO)NC(=O)[C@H](CC(C)C)NC(=O)[C@H](CC(=O)O)NC(=O)[C@H](CO)NC(=O)[C@@H](NC(=O)[C@H](Cc1ccccc1)NC(=O)[C@@H](NC(=O)CNC(=O)[C@H](CCC(=O)O)NC(=O)CNN[C@H](C=O)Cc1cnc[nH]1)[C@@H](C)O)[C@@H](C)O. The molecular formula is C60H93N17O22. The molecule has 13 atom stereocenters. The summed E-state index contributed by atoms with van der Waals surface area (Å²) in [6.07, 6.45) is -2.57. The molecule has 0 aliphatic carbocycles. The number of rotatable bonds is 49. The summed E-state index contributed by atoms with van der Waals surface area (Å²) in [5, 5.41) is 86.2. The number of aliphatic carboxylic acids is 2. The highest BCUT2D eigenvalue weighted by Crippen LogP contribution is 2.11. The summed E-state index contributed by atoms with van der Waals surface area (Å²) in [6, 6.07) is -10.3. The molecule has 0 saturated heterocycles. The summed E-state index contributed by atoms with van der Waals surface area (Å²) in [5.74, 6) is -17.4. The molecule has 0 aliphatic heterocycles. The number of nitrogens with one attached hydrogen (secondary N) is 14. The van der Waals surface area contributed by atoms with Crippen molar-refractivity contribution < 1.29 is 107 Å². The average molecular weight is 1400 g/mol. The lowest BCUT2D eigenvalue weighted by atomic mass is 10.0. The Balaban J connectivity index is 2.28. The van der Waals surface area contributed by atoms with Crippen LogP contribution in [0.15, 0.2) is 42.9 Å². The summed E-state index contributed by atoms with van der Waals surface area (Å²) in [7, 11) is 0. The van der Waals surface area contributed by atoms with Gasteiger partial charge < -0.3 is 110 Å². The number of primary amides is 1. The van der Waals surface area contributed by atoms with Crippen LogP contribution in [0.5, 0.6) is 0 Å². The molecule has 0 unspecified atom stereocenters.